The van der Waals surface area contributed by atoms with E-state index in [2.05, 4.69) is 9.97 Å². The van der Waals surface area contributed by atoms with Crippen LogP contribution in [-0.2, 0) is 10.0 Å². The Bertz CT molecular complexity index is 1010. The maximum atomic E-state index is 13.1. The summed E-state index contributed by atoms with van der Waals surface area (Å²) in [5.74, 6) is 0. The normalized spacial score (nSPS) is 11.7. The Kier molecular flexibility index (Phi) is 4.01. The maximum Gasteiger partial charge on any atom is 0.264 e. The van der Waals surface area contributed by atoms with Crippen LogP contribution in [0, 0.1) is 20.8 Å². The molecule has 124 valence electrons. The van der Waals surface area contributed by atoms with Crippen molar-refractivity contribution in [3.05, 3.63) is 59.4 Å². The average molecular weight is 341 g/mol. The molecule has 0 aliphatic rings. The molecule has 0 atom stereocenters. The lowest BCUT2D eigenvalue weighted by Gasteiger charge is -2.22. The van der Waals surface area contributed by atoms with Crippen LogP contribution in [0.3, 0.4) is 0 Å². The van der Waals surface area contributed by atoms with E-state index in [1.165, 1.54) is 4.31 Å². The Hall–Kier alpha value is -2.47. The molecule has 0 spiro atoms. The first kappa shape index (κ1) is 16.4. The highest BCUT2D eigenvalue weighted by Crippen LogP contribution is 2.29. The lowest BCUT2D eigenvalue weighted by atomic mass is 10.1. The molecule has 0 radical (unpaired) electrons. The molecular formula is C18H19N3O2S. The molecule has 1 heterocycles. The second-order valence-electron chi connectivity index (χ2n) is 5.93. The zero-order valence-corrected chi connectivity index (χ0v) is 14.9. The molecule has 3 aromatic rings. The first-order valence-corrected chi connectivity index (χ1v) is 9.02. The summed E-state index contributed by atoms with van der Waals surface area (Å²) in [6.45, 7) is 5.61. The predicted octanol–water partition coefficient (Wildman–Crippen LogP) is 3.38. The van der Waals surface area contributed by atoms with Gasteiger partial charge in [-0.25, -0.2) is 8.42 Å². The van der Waals surface area contributed by atoms with Crippen molar-refractivity contribution in [3.8, 4) is 0 Å². The van der Waals surface area contributed by atoms with Gasteiger partial charge in [0.2, 0.25) is 0 Å². The summed E-state index contributed by atoms with van der Waals surface area (Å²) >= 11 is 0. The van der Waals surface area contributed by atoms with Crippen molar-refractivity contribution >= 4 is 26.7 Å². The molecule has 1 aromatic heterocycles. The van der Waals surface area contributed by atoms with Crippen molar-refractivity contribution in [2.24, 2.45) is 0 Å². The van der Waals surface area contributed by atoms with Crippen molar-refractivity contribution < 1.29 is 8.42 Å². The predicted molar refractivity (Wildman–Crippen MR) is 95.8 cm³/mol. The SMILES string of the molecule is Cc1cc(C)c(S(=O)(=O)N(C)c2ccc3nccnc3c2)c(C)c1. The van der Waals surface area contributed by atoms with Crippen molar-refractivity contribution in [2.75, 3.05) is 11.4 Å². The second-order valence-corrected chi connectivity index (χ2v) is 7.84. The second kappa shape index (κ2) is 5.87. The average Bonchev–Trinajstić information content (AvgIpc) is 2.52. The third kappa shape index (κ3) is 2.73. The van der Waals surface area contributed by atoms with E-state index in [0.717, 1.165) is 22.2 Å². The number of hydrogen-bond acceptors (Lipinski definition) is 4. The van der Waals surface area contributed by atoms with E-state index in [-0.39, 0.29) is 0 Å². The largest absolute Gasteiger partial charge is 0.269 e. The fourth-order valence-electron chi connectivity index (χ4n) is 3.00. The third-order valence-electron chi connectivity index (χ3n) is 4.04. The van der Waals surface area contributed by atoms with Gasteiger partial charge in [-0.15, -0.1) is 0 Å². The number of sulfonamides is 1. The molecule has 0 aliphatic heterocycles. The number of rotatable bonds is 3. The van der Waals surface area contributed by atoms with Gasteiger partial charge in [-0.2, -0.15) is 0 Å². The van der Waals surface area contributed by atoms with Gasteiger partial charge >= 0.3 is 0 Å². The van der Waals surface area contributed by atoms with Crippen molar-refractivity contribution in [1.29, 1.82) is 0 Å². The number of aryl methyl sites for hydroxylation is 3. The van der Waals surface area contributed by atoms with Crippen LogP contribution < -0.4 is 4.31 Å². The van der Waals surface area contributed by atoms with Crippen LogP contribution >= 0.6 is 0 Å². The molecule has 3 rings (SSSR count). The van der Waals surface area contributed by atoms with Gasteiger partial charge in [-0.1, -0.05) is 17.7 Å². The zero-order chi connectivity index (χ0) is 17.5. The van der Waals surface area contributed by atoms with E-state index < -0.39 is 10.0 Å². The minimum atomic E-state index is -3.65. The molecule has 2 aromatic carbocycles. The minimum Gasteiger partial charge on any atom is -0.269 e. The summed E-state index contributed by atoms with van der Waals surface area (Å²) in [5.41, 5.74) is 4.50. The summed E-state index contributed by atoms with van der Waals surface area (Å²) in [5, 5.41) is 0. The van der Waals surface area contributed by atoms with Gasteiger partial charge in [0.1, 0.15) is 0 Å². The number of aromatic nitrogens is 2. The molecule has 5 nitrogen and oxygen atoms in total. The van der Waals surface area contributed by atoms with Crippen molar-refractivity contribution in [1.82, 2.24) is 9.97 Å². The van der Waals surface area contributed by atoms with Crippen LogP contribution in [-0.4, -0.2) is 25.4 Å². The third-order valence-corrected chi connectivity index (χ3v) is 6.13. The molecule has 0 saturated heterocycles. The number of nitrogens with zero attached hydrogens (tertiary/aromatic N) is 3. The zero-order valence-electron chi connectivity index (χ0n) is 14.1. The molecule has 6 heteroatoms. The highest BCUT2D eigenvalue weighted by molar-refractivity contribution is 7.92. The number of fused-ring (bicyclic) bond motifs is 1. The molecule has 0 fully saturated rings. The fraction of sp³-hybridized carbons (Fsp3) is 0.222. The van der Waals surface area contributed by atoms with E-state index in [1.807, 2.05) is 32.9 Å². The minimum absolute atomic E-state index is 0.356. The quantitative estimate of drug-likeness (QED) is 0.732. The fourth-order valence-corrected chi connectivity index (χ4v) is 4.59. The molecular weight excluding hydrogens is 322 g/mol. The standard InChI is InChI=1S/C18H19N3O2S/c1-12-9-13(2)18(14(3)10-12)24(22,23)21(4)15-5-6-16-17(11-15)20-8-7-19-16/h5-11H,1-4H3. The van der Waals surface area contributed by atoms with Gasteiger partial charge in [0.05, 0.1) is 21.6 Å². The maximum absolute atomic E-state index is 13.1. The van der Waals surface area contributed by atoms with Gasteiger partial charge in [0.25, 0.3) is 10.0 Å². The summed E-state index contributed by atoms with van der Waals surface area (Å²) < 4.78 is 27.5. The van der Waals surface area contributed by atoms with Gasteiger partial charge in [0, 0.05) is 19.4 Å². The molecule has 0 saturated carbocycles. The summed E-state index contributed by atoms with van der Waals surface area (Å²) in [6.07, 6.45) is 3.20. The molecule has 0 amide bonds. The lowest BCUT2D eigenvalue weighted by molar-refractivity contribution is 0.593. The highest BCUT2D eigenvalue weighted by Gasteiger charge is 2.25. The Balaban J connectivity index is 2.12. The first-order valence-electron chi connectivity index (χ1n) is 7.58. The van der Waals surface area contributed by atoms with Crippen LogP contribution in [0.5, 0.6) is 0 Å². The number of benzene rings is 2. The Morgan fingerprint density at radius 2 is 1.46 bits per heavy atom. The van der Waals surface area contributed by atoms with E-state index in [4.69, 9.17) is 0 Å². The van der Waals surface area contributed by atoms with Crippen LogP contribution in [0.15, 0.2) is 47.6 Å². The molecule has 24 heavy (non-hydrogen) atoms. The molecule has 0 N–H and O–H groups in total. The van der Waals surface area contributed by atoms with Gasteiger partial charge in [-0.05, 0) is 50.1 Å². The molecule has 0 aliphatic carbocycles. The van der Waals surface area contributed by atoms with Crippen LogP contribution in [0.1, 0.15) is 16.7 Å². The van der Waals surface area contributed by atoms with Gasteiger partial charge in [0.15, 0.2) is 0 Å². The molecule has 0 unspecified atom stereocenters. The number of anilines is 1. The Morgan fingerprint density at radius 1 is 0.875 bits per heavy atom. The van der Waals surface area contributed by atoms with Gasteiger partial charge < -0.3 is 0 Å². The first-order chi connectivity index (χ1) is 11.3. The summed E-state index contributed by atoms with van der Waals surface area (Å²) in [4.78, 5) is 8.81. The lowest BCUT2D eigenvalue weighted by Crippen LogP contribution is -2.28. The monoisotopic (exact) mass is 341 g/mol. The van der Waals surface area contributed by atoms with Crippen LogP contribution in [0.2, 0.25) is 0 Å². The van der Waals surface area contributed by atoms with E-state index >= 15 is 0 Å². The molecule has 0 bridgehead atoms. The van der Waals surface area contributed by atoms with Crippen molar-refractivity contribution in [2.45, 2.75) is 25.7 Å². The highest BCUT2D eigenvalue weighted by atomic mass is 32.2. The summed E-state index contributed by atoms with van der Waals surface area (Å²) in [7, 11) is -2.09. The Morgan fingerprint density at radius 3 is 2.08 bits per heavy atom. The van der Waals surface area contributed by atoms with Gasteiger partial charge in [-0.3, -0.25) is 14.3 Å². The van der Waals surface area contributed by atoms with E-state index in [9.17, 15) is 8.42 Å². The van der Waals surface area contributed by atoms with Crippen molar-refractivity contribution in [3.63, 3.8) is 0 Å². The van der Waals surface area contributed by atoms with E-state index in [1.54, 1.807) is 37.6 Å². The topological polar surface area (TPSA) is 63.2 Å². The smallest absolute Gasteiger partial charge is 0.264 e. The van der Waals surface area contributed by atoms with E-state index in [0.29, 0.717) is 16.1 Å². The Labute approximate surface area is 142 Å². The number of hydrogen-bond donors (Lipinski definition) is 0. The van der Waals surface area contributed by atoms with Crippen LogP contribution in [0.4, 0.5) is 5.69 Å². The summed E-state index contributed by atoms with van der Waals surface area (Å²) in [6, 6.07) is 9.03. The van der Waals surface area contributed by atoms with Crippen LogP contribution in [0.25, 0.3) is 11.0 Å².